The summed E-state index contributed by atoms with van der Waals surface area (Å²) in [6.45, 7) is 3.67. The summed E-state index contributed by atoms with van der Waals surface area (Å²) in [5.74, 6) is 0.476. The largest absolute Gasteiger partial charge is 0.466 e. The van der Waals surface area contributed by atoms with Gasteiger partial charge >= 0.3 is 5.97 Å². The van der Waals surface area contributed by atoms with Crippen LogP contribution in [0.5, 0.6) is 0 Å². The van der Waals surface area contributed by atoms with Crippen LogP contribution in [0, 0.1) is 13.8 Å². The van der Waals surface area contributed by atoms with Crippen LogP contribution in [-0.2, 0) is 23.6 Å². The van der Waals surface area contributed by atoms with Crippen molar-refractivity contribution < 1.29 is 14.3 Å². The van der Waals surface area contributed by atoms with Gasteiger partial charge in [0.2, 0.25) is 11.9 Å². The zero-order valence-electron chi connectivity index (χ0n) is 31.3. The molecule has 0 bridgehead atoms. The van der Waals surface area contributed by atoms with E-state index < -0.39 is 5.97 Å². The van der Waals surface area contributed by atoms with Crippen molar-refractivity contribution in [1.82, 2.24) is 29.1 Å². The Labute approximate surface area is 349 Å². The van der Waals surface area contributed by atoms with E-state index in [9.17, 15) is 19.2 Å². The van der Waals surface area contributed by atoms with Gasteiger partial charge in [-0.25, -0.2) is 14.8 Å². The molecule has 0 saturated heterocycles. The molecule has 58 heavy (non-hydrogen) atoms. The fourth-order valence-corrected chi connectivity index (χ4v) is 7.71. The van der Waals surface area contributed by atoms with Crippen molar-refractivity contribution in [2.45, 2.75) is 13.8 Å². The molecule has 0 saturated carbocycles. The van der Waals surface area contributed by atoms with Crippen LogP contribution in [0.4, 0.5) is 23.3 Å². The molecule has 4 aromatic heterocycles. The summed E-state index contributed by atoms with van der Waals surface area (Å²) in [7, 11) is 4.90. The molecule has 4 N–H and O–H groups in total. The lowest BCUT2D eigenvalue weighted by molar-refractivity contribution is -0.134. The normalized spacial score (nSPS) is 11.4. The number of aromatic nitrogens is 6. The number of rotatable bonds is 7. The second-order valence-corrected chi connectivity index (χ2v) is 14.7. The number of hydrogen-bond donors (Lipinski definition) is 4. The summed E-state index contributed by atoms with van der Waals surface area (Å²) >= 11 is 25.0. The quantitative estimate of drug-likeness (QED) is 0.0693. The predicted molar refractivity (Wildman–Crippen MR) is 233 cm³/mol. The third kappa shape index (κ3) is 7.17. The molecule has 0 fully saturated rings. The summed E-state index contributed by atoms with van der Waals surface area (Å²) < 4.78 is 8.17. The standard InChI is InChI=1S/C22H18Cl2N4O3.C19H14Cl2N4O2/c1-11-12-7-8-16-20(18(12)21(30)25-15(11)9-10-17(29)31-3)28(2)22(26-16)27-19-13(23)5-4-6-14(19)24;1-9-10-6-7-13-17(15(10)18(27)22-14(9)8-26)25(2)19(23-13)24-16-11(20)4-3-5-12(16)21/h4-10H,1-3H3,(H,25,30)(H,26,27);3-8H,1-2H3,(H,22,27)(H,23,24)/b10-9+;. The second-order valence-electron chi connectivity index (χ2n) is 13.1. The number of hydrogen-bond acceptors (Lipinski definition) is 9. The molecule has 8 aromatic rings. The lowest BCUT2D eigenvalue weighted by atomic mass is 10.0. The number of benzene rings is 4. The van der Waals surface area contributed by atoms with Crippen molar-refractivity contribution in [3.63, 3.8) is 0 Å². The Morgan fingerprint density at radius 3 is 1.52 bits per heavy atom. The Bertz CT molecular complexity index is 3110. The van der Waals surface area contributed by atoms with Crippen LogP contribution in [0.1, 0.15) is 27.3 Å². The SMILES string of the molecule is COC(=O)/C=C/c1[nH]c(=O)c2c(ccc3nc(Nc4c(Cl)cccc4Cl)n(C)c32)c1C.Cc1c(C=O)[nH]c(=O)c2c1ccc1nc(Nc3c(Cl)cccc3Cl)n(C)c12. The average Bonchev–Trinajstić information content (AvgIpc) is 3.70. The minimum Gasteiger partial charge on any atom is -0.466 e. The number of nitrogens with one attached hydrogen (secondary N) is 4. The molecule has 0 atom stereocenters. The van der Waals surface area contributed by atoms with Gasteiger partial charge in [0.1, 0.15) is 0 Å². The van der Waals surface area contributed by atoms with Crippen molar-refractivity contribution in [1.29, 1.82) is 0 Å². The number of aldehydes is 1. The smallest absolute Gasteiger partial charge is 0.330 e. The molecule has 294 valence electrons. The highest BCUT2D eigenvalue weighted by Gasteiger charge is 2.19. The Hall–Kier alpha value is -6.12. The third-order valence-electron chi connectivity index (χ3n) is 9.74. The topological polar surface area (TPSA) is 169 Å². The van der Waals surface area contributed by atoms with Gasteiger partial charge in [-0.15, -0.1) is 0 Å². The highest BCUT2D eigenvalue weighted by molar-refractivity contribution is 6.40. The average molecular weight is 859 g/mol. The van der Waals surface area contributed by atoms with Gasteiger partial charge in [0.15, 0.2) is 6.29 Å². The van der Waals surface area contributed by atoms with Crippen molar-refractivity contribution in [2.75, 3.05) is 17.7 Å². The molecule has 13 nitrogen and oxygen atoms in total. The number of ether oxygens (including phenoxy) is 1. The number of carbonyl (C=O) groups is 2. The monoisotopic (exact) mass is 856 g/mol. The number of anilines is 4. The van der Waals surface area contributed by atoms with Crippen LogP contribution in [0.25, 0.3) is 49.7 Å². The minimum atomic E-state index is -0.503. The lowest BCUT2D eigenvalue weighted by Gasteiger charge is -2.11. The third-order valence-corrected chi connectivity index (χ3v) is 11.0. The van der Waals surface area contributed by atoms with Gasteiger partial charge in [0, 0.05) is 25.9 Å². The van der Waals surface area contributed by atoms with E-state index in [4.69, 9.17) is 46.4 Å². The summed E-state index contributed by atoms with van der Waals surface area (Å²) in [5.41, 5.74) is 5.38. The maximum atomic E-state index is 13.0. The van der Waals surface area contributed by atoms with Gasteiger partial charge in [-0.05, 0) is 78.2 Å². The Morgan fingerprint density at radius 2 is 1.10 bits per heavy atom. The number of esters is 1. The molecule has 4 heterocycles. The Morgan fingerprint density at radius 1 is 0.690 bits per heavy atom. The molecule has 0 aliphatic heterocycles. The number of nitrogens with zero attached hydrogens (tertiary/aromatic N) is 4. The number of aromatic amines is 2. The Balaban J connectivity index is 0.000000178. The number of carbonyl (C=O) groups excluding carboxylic acids is 2. The highest BCUT2D eigenvalue weighted by Crippen LogP contribution is 2.36. The van der Waals surface area contributed by atoms with Crippen LogP contribution < -0.4 is 21.8 Å². The van der Waals surface area contributed by atoms with Crippen LogP contribution >= 0.6 is 46.4 Å². The molecule has 0 aliphatic rings. The summed E-state index contributed by atoms with van der Waals surface area (Å²) in [4.78, 5) is 62.9. The van der Waals surface area contributed by atoms with Gasteiger partial charge in [0.05, 0.1) is 77.1 Å². The van der Waals surface area contributed by atoms with E-state index in [1.54, 1.807) is 65.6 Å². The van der Waals surface area contributed by atoms with Crippen molar-refractivity contribution >= 4 is 132 Å². The van der Waals surface area contributed by atoms with Crippen LogP contribution in [0.2, 0.25) is 20.1 Å². The molecule has 8 rings (SSSR count). The van der Waals surface area contributed by atoms with Crippen LogP contribution in [-0.4, -0.2) is 48.4 Å². The summed E-state index contributed by atoms with van der Waals surface area (Å²) in [6.07, 6.45) is 3.44. The van der Waals surface area contributed by atoms with E-state index in [1.165, 1.54) is 19.3 Å². The maximum absolute atomic E-state index is 13.0. The zero-order chi connectivity index (χ0) is 41.6. The molecule has 4 aromatic carbocycles. The van der Waals surface area contributed by atoms with E-state index >= 15 is 0 Å². The number of para-hydroxylation sites is 2. The highest BCUT2D eigenvalue weighted by atomic mass is 35.5. The molecule has 0 spiro atoms. The zero-order valence-corrected chi connectivity index (χ0v) is 34.4. The van der Waals surface area contributed by atoms with E-state index in [2.05, 4.69) is 35.3 Å². The van der Waals surface area contributed by atoms with Gasteiger partial charge < -0.3 is 34.5 Å². The summed E-state index contributed by atoms with van der Waals surface area (Å²) in [5, 5.41) is 10.6. The molecule has 0 amide bonds. The molecular weight excluding hydrogens is 826 g/mol. The number of fused-ring (bicyclic) bond motifs is 6. The van der Waals surface area contributed by atoms with E-state index in [1.807, 2.05) is 32.2 Å². The minimum absolute atomic E-state index is 0.273. The van der Waals surface area contributed by atoms with Gasteiger partial charge in [-0.2, -0.15) is 0 Å². The van der Waals surface area contributed by atoms with Crippen LogP contribution in [0.3, 0.4) is 0 Å². The van der Waals surface area contributed by atoms with Gasteiger partial charge in [0.25, 0.3) is 11.1 Å². The molecule has 0 unspecified atom stereocenters. The van der Waals surface area contributed by atoms with Crippen molar-refractivity contribution in [2.24, 2.45) is 14.1 Å². The Kier molecular flexibility index (Phi) is 11.1. The first-order valence-electron chi connectivity index (χ1n) is 17.4. The second kappa shape index (κ2) is 16.0. The fraction of sp³-hybridized carbons (Fsp3) is 0.122. The number of imidazole rings is 2. The predicted octanol–water partition coefficient (Wildman–Crippen LogP) is 9.55. The summed E-state index contributed by atoms with van der Waals surface area (Å²) in [6, 6.07) is 17.7. The molecule has 17 heteroatoms. The van der Waals surface area contributed by atoms with Crippen LogP contribution in [0.15, 0.2) is 76.3 Å². The van der Waals surface area contributed by atoms with E-state index in [-0.39, 0.29) is 16.8 Å². The first-order chi connectivity index (χ1) is 27.7. The maximum Gasteiger partial charge on any atom is 0.330 e. The van der Waals surface area contributed by atoms with Gasteiger partial charge in [-0.1, -0.05) is 70.7 Å². The number of H-pyrrole nitrogens is 2. The molecule has 0 radical (unpaired) electrons. The molecular formula is C41H32Cl4N8O5. The number of pyridine rings is 2. The fourth-order valence-electron chi connectivity index (χ4n) is 6.73. The van der Waals surface area contributed by atoms with E-state index in [0.717, 1.165) is 10.9 Å². The van der Waals surface area contributed by atoms with E-state index in [0.29, 0.717) is 99.1 Å². The van der Waals surface area contributed by atoms with Gasteiger partial charge in [-0.3, -0.25) is 14.4 Å². The number of aryl methyl sites for hydroxylation is 4. The lowest BCUT2D eigenvalue weighted by Crippen LogP contribution is -2.12. The number of methoxy groups -OCH3 is 1. The first-order valence-corrected chi connectivity index (χ1v) is 18.9. The van der Waals surface area contributed by atoms with Crippen molar-refractivity contribution in [3.8, 4) is 0 Å². The number of halogens is 4. The van der Waals surface area contributed by atoms with Crippen molar-refractivity contribution in [3.05, 3.63) is 130 Å². The molecule has 0 aliphatic carbocycles. The first kappa shape index (κ1) is 40.1.